The number of halogens is 3. The number of hydrogen-bond donors (Lipinski definition) is 0. The van der Waals surface area contributed by atoms with Gasteiger partial charge < -0.3 is 4.90 Å². The molecule has 1 aromatic carbocycles. The summed E-state index contributed by atoms with van der Waals surface area (Å²) < 4.78 is 65.0. The predicted molar refractivity (Wildman–Crippen MR) is 90.9 cm³/mol. The number of benzene rings is 1. The topological polar surface area (TPSA) is 57.7 Å². The van der Waals surface area contributed by atoms with Crippen LogP contribution in [0.4, 0.5) is 13.2 Å². The van der Waals surface area contributed by atoms with Crippen molar-refractivity contribution in [2.24, 2.45) is 5.92 Å². The minimum atomic E-state index is -4.60. The maximum atomic E-state index is 12.8. The smallest absolute Gasteiger partial charge is 0.343 e. The lowest BCUT2D eigenvalue weighted by Gasteiger charge is -2.33. The summed E-state index contributed by atoms with van der Waals surface area (Å²) in [5.74, 6) is -0.242. The van der Waals surface area contributed by atoms with E-state index in [-0.39, 0.29) is 29.8 Å². The van der Waals surface area contributed by atoms with E-state index in [1.54, 1.807) is 4.90 Å². The van der Waals surface area contributed by atoms with Crippen LogP contribution in [0.5, 0.6) is 0 Å². The van der Waals surface area contributed by atoms with Crippen molar-refractivity contribution < 1.29 is 26.4 Å². The monoisotopic (exact) mass is 392 g/mol. The molecule has 0 bridgehead atoms. The molecular formula is C17H23F3N2O3S. The highest BCUT2D eigenvalue weighted by molar-refractivity contribution is 7.89. The first kappa shape index (κ1) is 20.7. The van der Waals surface area contributed by atoms with Crippen LogP contribution in [0.2, 0.25) is 0 Å². The van der Waals surface area contributed by atoms with Gasteiger partial charge in [-0.15, -0.1) is 0 Å². The number of hydrogen-bond acceptors (Lipinski definition) is 3. The van der Waals surface area contributed by atoms with Gasteiger partial charge in [-0.05, 0) is 44.9 Å². The van der Waals surface area contributed by atoms with Crippen molar-refractivity contribution in [1.29, 1.82) is 0 Å². The summed E-state index contributed by atoms with van der Waals surface area (Å²) in [6.07, 6.45) is -3.87. The largest absolute Gasteiger partial charge is 0.416 e. The molecule has 26 heavy (non-hydrogen) atoms. The van der Waals surface area contributed by atoms with Crippen LogP contribution in [0.15, 0.2) is 29.2 Å². The van der Waals surface area contributed by atoms with Crippen molar-refractivity contribution >= 4 is 15.9 Å². The summed E-state index contributed by atoms with van der Waals surface area (Å²) in [7, 11) is -4.02. The zero-order valence-corrected chi connectivity index (χ0v) is 15.6. The van der Waals surface area contributed by atoms with Gasteiger partial charge in [0.05, 0.1) is 10.5 Å². The SMILES string of the molecule is CCN(CC)C(=O)C1CCN(S(=O)(=O)c2cccc(C(F)(F)F)c2)CC1. The van der Waals surface area contributed by atoms with Gasteiger partial charge in [0.25, 0.3) is 0 Å². The number of rotatable bonds is 5. The molecule has 1 aliphatic heterocycles. The lowest BCUT2D eigenvalue weighted by Crippen LogP contribution is -2.44. The van der Waals surface area contributed by atoms with Crippen LogP contribution in [0.3, 0.4) is 0 Å². The lowest BCUT2D eigenvalue weighted by molar-refractivity contribution is -0.138. The third kappa shape index (κ3) is 4.37. The van der Waals surface area contributed by atoms with Crippen LogP contribution >= 0.6 is 0 Å². The first-order valence-electron chi connectivity index (χ1n) is 8.57. The molecule has 1 saturated heterocycles. The normalized spacial score (nSPS) is 17.3. The van der Waals surface area contributed by atoms with Crippen molar-refractivity contribution in [3.63, 3.8) is 0 Å². The molecule has 1 aliphatic rings. The maximum Gasteiger partial charge on any atom is 0.416 e. The zero-order valence-electron chi connectivity index (χ0n) is 14.8. The summed E-state index contributed by atoms with van der Waals surface area (Å²) in [5, 5.41) is 0. The molecule has 1 heterocycles. The Balaban J connectivity index is 2.12. The third-order valence-corrected chi connectivity index (χ3v) is 6.57. The Bertz CT molecular complexity index is 738. The second-order valence-corrected chi connectivity index (χ2v) is 8.15. The molecule has 5 nitrogen and oxygen atoms in total. The van der Waals surface area contributed by atoms with E-state index in [1.165, 1.54) is 0 Å². The molecule has 0 saturated carbocycles. The zero-order chi connectivity index (χ0) is 19.5. The van der Waals surface area contributed by atoms with Crippen molar-refractivity contribution in [1.82, 2.24) is 9.21 Å². The number of alkyl halides is 3. The first-order chi connectivity index (χ1) is 12.1. The first-order valence-corrected chi connectivity index (χ1v) is 10.0. The van der Waals surface area contributed by atoms with Gasteiger partial charge in [-0.3, -0.25) is 4.79 Å². The number of piperidine rings is 1. The Hall–Kier alpha value is -1.61. The van der Waals surface area contributed by atoms with E-state index in [1.807, 2.05) is 13.8 Å². The maximum absolute atomic E-state index is 12.8. The van der Waals surface area contributed by atoms with Crippen LogP contribution in [-0.2, 0) is 21.0 Å². The highest BCUT2D eigenvalue weighted by Crippen LogP contribution is 2.32. The van der Waals surface area contributed by atoms with Crippen LogP contribution in [0, 0.1) is 5.92 Å². The van der Waals surface area contributed by atoms with Gasteiger partial charge in [0.15, 0.2) is 0 Å². The second kappa shape index (κ2) is 7.96. The van der Waals surface area contributed by atoms with E-state index in [0.29, 0.717) is 32.0 Å². The van der Waals surface area contributed by atoms with Crippen LogP contribution in [-0.4, -0.2) is 49.7 Å². The van der Waals surface area contributed by atoms with Crippen molar-refractivity contribution in [3.05, 3.63) is 29.8 Å². The second-order valence-electron chi connectivity index (χ2n) is 6.21. The molecule has 0 radical (unpaired) electrons. The van der Waals surface area contributed by atoms with Gasteiger partial charge in [0.2, 0.25) is 15.9 Å². The Morgan fingerprint density at radius 2 is 1.77 bits per heavy atom. The molecule has 0 aromatic heterocycles. The predicted octanol–water partition coefficient (Wildman–Crippen LogP) is 2.97. The molecule has 1 aromatic rings. The van der Waals surface area contributed by atoms with E-state index >= 15 is 0 Å². The summed E-state index contributed by atoms with van der Waals surface area (Å²) in [4.78, 5) is 13.7. The molecule has 0 atom stereocenters. The van der Waals surface area contributed by atoms with Gasteiger partial charge in [0, 0.05) is 32.1 Å². The Labute approximate surface area is 151 Å². The molecule has 1 fully saturated rings. The number of amides is 1. The molecule has 1 amide bonds. The third-order valence-electron chi connectivity index (χ3n) is 4.68. The van der Waals surface area contributed by atoms with Gasteiger partial charge in [0.1, 0.15) is 0 Å². The number of carbonyl (C=O) groups is 1. The fraction of sp³-hybridized carbons (Fsp3) is 0.588. The van der Waals surface area contributed by atoms with Crippen LogP contribution < -0.4 is 0 Å². The molecule has 0 spiro atoms. The highest BCUT2D eigenvalue weighted by Gasteiger charge is 2.35. The quantitative estimate of drug-likeness (QED) is 0.774. The molecular weight excluding hydrogens is 369 g/mol. The van der Waals surface area contributed by atoms with Gasteiger partial charge in [-0.25, -0.2) is 8.42 Å². The van der Waals surface area contributed by atoms with E-state index < -0.39 is 21.8 Å². The minimum absolute atomic E-state index is 0.00566. The highest BCUT2D eigenvalue weighted by atomic mass is 32.2. The number of nitrogens with zero attached hydrogens (tertiary/aromatic N) is 2. The standard InChI is InChI=1S/C17H23F3N2O3S/c1-3-21(4-2)16(23)13-8-10-22(11-9-13)26(24,25)15-7-5-6-14(12-15)17(18,19)20/h5-7,12-13H,3-4,8-11H2,1-2H3. The van der Waals surface area contributed by atoms with Crippen molar-refractivity contribution in [3.8, 4) is 0 Å². The fourth-order valence-electron chi connectivity index (χ4n) is 3.12. The van der Waals surface area contributed by atoms with E-state index in [2.05, 4.69) is 0 Å². The number of carbonyl (C=O) groups excluding carboxylic acids is 1. The Kier molecular flexibility index (Phi) is 6.33. The van der Waals surface area contributed by atoms with Gasteiger partial charge >= 0.3 is 6.18 Å². The van der Waals surface area contributed by atoms with Crippen LogP contribution in [0.1, 0.15) is 32.3 Å². The lowest BCUT2D eigenvalue weighted by atomic mass is 9.96. The molecule has 9 heteroatoms. The molecule has 146 valence electrons. The molecule has 2 rings (SSSR count). The fourth-order valence-corrected chi connectivity index (χ4v) is 4.63. The average Bonchev–Trinajstić information content (AvgIpc) is 2.62. The summed E-state index contributed by atoms with van der Waals surface area (Å²) >= 11 is 0. The summed E-state index contributed by atoms with van der Waals surface area (Å²) in [6.45, 7) is 5.20. The van der Waals surface area contributed by atoms with Crippen LogP contribution in [0.25, 0.3) is 0 Å². The summed E-state index contributed by atoms with van der Waals surface area (Å²) in [5.41, 5.74) is -0.995. The summed E-state index contributed by atoms with van der Waals surface area (Å²) in [6, 6.07) is 3.75. The van der Waals surface area contributed by atoms with Gasteiger partial charge in [-0.2, -0.15) is 17.5 Å². The van der Waals surface area contributed by atoms with E-state index in [9.17, 15) is 26.4 Å². The van der Waals surface area contributed by atoms with E-state index in [4.69, 9.17) is 0 Å². The van der Waals surface area contributed by atoms with E-state index in [0.717, 1.165) is 22.5 Å². The Morgan fingerprint density at radius 1 is 1.19 bits per heavy atom. The number of sulfonamides is 1. The van der Waals surface area contributed by atoms with Gasteiger partial charge in [-0.1, -0.05) is 6.07 Å². The minimum Gasteiger partial charge on any atom is -0.343 e. The Morgan fingerprint density at radius 3 is 2.27 bits per heavy atom. The molecule has 0 N–H and O–H groups in total. The van der Waals surface area contributed by atoms with Crippen molar-refractivity contribution in [2.45, 2.75) is 37.8 Å². The molecule has 0 aliphatic carbocycles. The van der Waals surface area contributed by atoms with Crippen molar-refractivity contribution in [2.75, 3.05) is 26.2 Å². The molecule has 0 unspecified atom stereocenters. The average molecular weight is 392 g/mol.